The monoisotopic (exact) mass is 419 g/mol. The third kappa shape index (κ3) is 3.01. The van der Waals surface area contributed by atoms with Gasteiger partial charge in [-0.25, -0.2) is 4.68 Å². The molecule has 0 unspecified atom stereocenters. The molecule has 0 bridgehead atoms. The summed E-state index contributed by atoms with van der Waals surface area (Å²) in [5.41, 5.74) is 4.47. The Labute approximate surface area is 177 Å². The van der Waals surface area contributed by atoms with Crippen molar-refractivity contribution in [2.24, 2.45) is 0 Å². The van der Waals surface area contributed by atoms with E-state index >= 15 is 0 Å². The number of anilines is 1. The zero-order valence-corrected chi connectivity index (χ0v) is 16.7. The molecule has 0 spiro atoms. The molecule has 0 aliphatic carbocycles. The molecule has 0 atom stereocenters. The Morgan fingerprint density at radius 2 is 1.52 bits per heavy atom. The summed E-state index contributed by atoms with van der Waals surface area (Å²) in [7, 11) is 0. The van der Waals surface area contributed by atoms with Crippen molar-refractivity contribution in [1.29, 1.82) is 0 Å². The Balaban J connectivity index is 1.71. The number of benzene rings is 3. The molecule has 5 rings (SSSR count). The molecule has 0 saturated heterocycles. The zero-order valence-electron chi connectivity index (χ0n) is 15.2. The quantitative estimate of drug-likeness (QED) is 0.407. The predicted octanol–water partition coefficient (Wildman–Crippen LogP) is 6.01. The van der Waals surface area contributed by atoms with Gasteiger partial charge in [0, 0.05) is 16.3 Å². The number of rotatable bonds is 3. The summed E-state index contributed by atoms with van der Waals surface area (Å²) < 4.78 is 1.76. The predicted molar refractivity (Wildman–Crippen MR) is 116 cm³/mol. The topological polar surface area (TPSA) is 38.1 Å². The first-order chi connectivity index (χ1) is 14.1. The molecule has 1 aliphatic rings. The third-order valence-electron chi connectivity index (χ3n) is 4.99. The van der Waals surface area contributed by atoms with Crippen molar-refractivity contribution in [3.63, 3.8) is 0 Å². The molecular weight excluding hydrogens is 405 g/mol. The fourth-order valence-corrected chi connectivity index (χ4v) is 3.99. The molecule has 4 aromatic rings. The molecule has 0 N–H and O–H groups in total. The van der Waals surface area contributed by atoms with Gasteiger partial charge in [-0.15, -0.1) is 0 Å². The first-order valence-corrected chi connectivity index (χ1v) is 9.89. The van der Waals surface area contributed by atoms with Crippen molar-refractivity contribution >= 4 is 34.8 Å². The molecule has 6 heteroatoms. The summed E-state index contributed by atoms with van der Waals surface area (Å²) in [6, 6.07) is 24.5. The van der Waals surface area contributed by atoms with Crippen molar-refractivity contribution in [1.82, 2.24) is 9.78 Å². The second-order valence-corrected chi connectivity index (χ2v) is 7.61. The van der Waals surface area contributed by atoms with Gasteiger partial charge in [-0.05, 0) is 36.4 Å². The molecule has 1 aliphatic heterocycles. The average Bonchev–Trinajstić information content (AvgIpc) is 3.26. The highest BCUT2D eigenvalue weighted by Gasteiger charge is 2.36. The van der Waals surface area contributed by atoms with Gasteiger partial charge in [0.05, 0.1) is 34.2 Å². The average molecular weight is 420 g/mol. The zero-order chi connectivity index (χ0) is 20.0. The number of nitrogens with zero attached hydrogens (tertiary/aromatic N) is 3. The number of carbonyl (C=O) groups is 1. The van der Waals surface area contributed by atoms with E-state index in [1.807, 2.05) is 78.9 Å². The van der Waals surface area contributed by atoms with Gasteiger partial charge >= 0.3 is 0 Å². The number of fused-ring (bicyclic) bond motifs is 1. The summed E-state index contributed by atoms with van der Waals surface area (Å²) in [4.78, 5) is 15.1. The van der Waals surface area contributed by atoms with Gasteiger partial charge in [0.25, 0.3) is 5.91 Å². The number of hydrogen-bond acceptors (Lipinski definition) is 2. The number of para-hydroxylation sites is 2. The van der Waals surface area contributed by atoms with Crippen LogP contribution in [0.5, 0.6) is 0 Å². The Morgan fingerprint density at radius 3 is 2.24 bits per heavy atom. The van der Waals surface area contributed by atoms with Crippen molar-refractivity contribution < 1.29 is 4.79 Å². The number of aromatic nitrogens is 2. The third-order valence-corrected chi connectivity index (χ3v) is 5.56. The molecule has 3 aromatic carbocycles. The Morgan fingerprint density at radius 1 is 0.828 bits per heavy atom. The van der Waals surface area contributed by atoms with E-state index in [2.05, 4.69) is 0 Å². The van der Waals surface area contributed by atoms with E-state index in [4.69, 9.17) is 28.3 Å². The minimum atomic E-state index is -0.0746. The smallest absolute Gasteiger partial charge is 0.262 e. The van der Waals surface area contributed by atoms with Crippen LogP contribution in [0.25, 0.3) is 16.9 Å². The summed E-state index contributed by atoms with van der Waals surface area (Å²) in [5, 5.41) is 5.98. The van der Waals surface area contributed by atoms with E-state index in [0.717, 1.165) is 22.6 Å². The van der Waals surface area contributed by atoms with Crippen LogP contribution in [-0.2, 0) is 6.54 Å². The van der Waals surface area contributed by atoms with Crippen LogP contribution in [0.15, 0.2) is 78.9 Å². The van der Waals surface area contributed by atoms with Gasteiger partial charge < -0.3 is 4.90 Å². The van der Waals surface area contributed by atoms with Crippen LogP contribution < -0.4 is 4.90 Å². The van der Waals surface area contributed by atoms with E-state index in [9.17, 15) is 4.79 Å². The van der Waals surface area contributed by atoms with Gasteiger partial charge in [-0.1, -0.05) is 65.7 Å². The molecule has 4 nitrogen and oxygen atoms in total. The van der Waals surface area contributed by atoms with Crippen molar-refractivity contribution in [2.45, 2.75) is 6.54 Å². The van der Waals surface area contributed by atoms with Gasteiger partial charge in [0.1, 0.15) is 0 Å². The first kappa shape index (κ1) is 18.0. The number of halogens is 2. The van der Waals surface area contributed by atoms with E-state index < -0.39 is 0 Å². The van der Waals surface area contributed by atoms with Gasteiger partial charge in [-0.2, -0.15) is 5.10 Å². The minimum absolute atomic E-state index is 0.0746. The van der Waals surface area contributed by atoms with Crippen LogP contribution >= 0.6 is 23.2 Å². The maximum atomic E-state index is 13.4. The van der Waals surface area contributed by atoms with Crippen LogP contribution in [0.1, 0.15) is 16.1 Å². The molecule has 0 saturated carbocycles. The highest BCUT2D eigenvalue weighted by molar-refractivity contribution is 6.32. The second kappa shape index (κ2) is 7.07. The lowest BCUT2D eigenvalue weighted by Crippen LogP contribution is -2.24. The number of carbonyl (C=O) groups excluding carboxylic acids is 1. The lowest BCUT2D eigenvalue weighted by atomic mass is 10.1. The largest absolute Gasteiger partial charge is 0.302 e. The maximum absolute atomic E-state index is 13.4. The SMILES string of the molecule is O=C1c2c(nn(-c3ccccc3Cl)c2-c2ccc(Cl)cc2)CN1c1ccccc1. The Kier molecular flexibility index (Phi) is 4.38. The van der Waals surface area contributed by atoms with E-state index in [0.29, 0.717) is 27.8 Å². The lowest BCUT2D eigenvalue weighted by molar-refractivity contribution is 0.0997. The van der Waals surface area contributed by atoms with Gasteiger partial charge in [0.15, 0.2) is 0 Å². The Hall–Kier alpha value is -3.08. The molecule has 2 heterocycles. The first-order valence-electron chi connectivity index (χ1n) is 9.13. The molecule has 1 amide bonds. The van der Waals surface area contributed by atoms with E-state index in [1.54, 1.807) is 9.58 Å². The van der Waals surface area contributed by atoms with Gasteiger partial charge in [0.2, 0.25) is 0 Å². The van der Waals surface area contributed by atoms with Crippen molar-refractivity contribution in [3.8, 4) is 16.9 Å². The maximum Gasteiger partial charge on any atom is 0.262 e. The second-order valence-electron chi connectivity index (χ2n) is 6.77. The molecule has 0 fully saturated rings. The van der Waals surface area contributed by atoms with Crippen LogP contribution in [0.2, 0.25) is 10.0 Å². The van der Waals surface area contributed by atoms with Crippen LogP contribution in [0, 0.1) is 0 Å². The molecule has 1 aromatic heterocycles. The van der Waals surface area contributed by atoms with Crippen LogP contribution in [0.4, 0.5) is 5.69 Å². The lowest BCUT2D eigenvalue weighted by Gasteiger charge is -2.17. The van der Waals surface area contributed by atoms with Crippen molar-refractivity contribution in [3.05, 3.63) is 100 Å². The van der Waals surface area contributed by atoms with Gasteiger partial charge in [-0.3, -0.25) is 4.79 Å². The molecular formula is C23H15Cl2N3O. The normalized spacial score (nSPS) is 13.0. The van der Waals surface area contributed by atoms with E-state index in [1.165, 1.54) is 0 Å². The van der Waals surface area contributed by atoms with Crippen molar-refractivity contribution in [2.75, 3.05) is 4.90 Å². The fraction of sp³-hybridized carbons (Fsp3) is 0.0435. The highest BCUT2D eigenvalue weighted by atomic mass is 35.5. The molecule has 0 radical (unpaired) electrons. The van der Waals surface area contributed by atoms with E-state index in [-0.39, 0.29) is 5.91 Å². The summed E-state index contributed by atoms with van der Waals surface area (Å²) >= 11 is 12.5. The summed E-state index contributed by atoms with van der Waals surface area (Å²) in [5.74, 6) is -0.0746. The Bertz CT molecular complexity index is 1220. The minimum Gasteiger partial charge on any atom is -0.302 e. The highest BCUT2D eigenvalue weighted by Crippen LogP contribution is 2.38. The fourth-order valence-electron chi connectivity index (χ4n) is 3.64. The molecule has 29 heavy (non-hydrogen) atoms. The summed E-state index contributed by atoms with van der Waals surface area (Å²) in [6.45, 7) is 0.413. The number of amides is 1. The summed E-state index contributed by atoms with van der Waals surface area (Å²) in [6.07, 6.45) is 0. The van der Waals surface area contributed by atoms with Crippen LogP contribution in [0.3, 0.4) is 0 Å². The van der Waals surface area contributed by atoms with Crippen LogP contribution in [-0.4, -0.2) is 15.7 Å². The molecule has 142 valence electrons. The standard InChI is InChI=1S/C23H15Cl2N3O/c24-16-12-10-15(11-13-16)22-21-19(26-28(22)20-9-5-4-8-18(20)25)14-27(23(21)29)17-6-2-1-3-7-17/h1-13H,14H2. The number of hydrogen-bond donors (Lipinski definition) is 0.